The Bertz CT molecular complexity index is 646. The molecule has 2 rings (SSSR count). The van der Waals surface area contributed by atoms with Crippen LogP contribution in [0.15, 0.2) is 28.7 Å². The minimum absolute atomic E-state index is 0.431. The Hall–Kier alpha value is -1.02. The van der Waals surface area contributed by atoms with Crippen molar-refractivity contribution in [2.45, 2.75) is 12.1 Å². The van der Waals surface area contributed by atoms with Gasteiger partial charge in [0.1, 0.15) is 0 Å². The quantitative estimate of drug-likeness (QED) is 0.542. The zero-order chi connectivity index (χ0) is 14.4. The molecule has 0 saturated heterocycles. The Morgan fingerprint density at radius 3 is 2.32 bits per heavy atom. The maximum absolute atomic E-state index is 12.9. The summed E-state index contributed by atoms with van der Waals surface area (Å²) in [5.74, 6) is -7.59. The topological polar surface area (TPSA) is 17.1 Å². The van der Waals surface area contributed by atoms with E-state index in [4.69, 9.17) is 0 Å². The minimum atomic E-state index is -5.89. The summed E-state index contributed by atoms with van der Waals surface area (Å²) in [6, 6.07) is 5.71. The molecule has 0 bridgehead atoms. The van der Waals surface area contributed by atoms with Crippen LogP contribution in [0.1, 0.15) is 9.67 Å². The largest absolute Gasteiger partial charge is 0.461 e. The van der Waals surface area contributed by atoms with Crippen LogP contribution in [0.5, 0.6) is 0 Å². The van der Waals surface area contributed by atoms with Crippen LogP contribution in [0.4, 0.5) is 22.0 Å². The number of carbonyl (C=O) groups is 1. The highest BCUT2D eigenvalue weighted by Gasteiger charge is 2.63. The third kappa shape index (κ3) is 2.51. The summed E-state index contributed by atoms with van der Waals surface area (Å²) in [5.41, 5.74) is 0. The standard InChI is InChI=1S/C11H4BrF5OS/c12-6-1-2-7-5(3-6)4-8(19-7)9(18)10(13,14)11(15,16)17/h1-4H. The van der Waals surface area contributed by atoms with E-state index in [9.17, 15) is 26.7 Å². The number of fused-ring (bicyclic) bond motifs is 1. The number of hydrogen-bond acceptors (Lipinski definition) is 2. The van der Waals surface area contributed by atoms with Crippen molar-refractivity contribution < 1.29 is 26.7 Å². The second kappa shape index (κ2) is 4.52. The summed E-state index contributed by atoms with van der Waals surface area (Å²) in [6.45, 7) is 0. The smallest absolute Gasteiger partial charge is 0.286 e. The highest BCUT2D eigenvalue weighted by molar-refractivity contribution is 9.10. The van der Waals surface area contributed by atoms with Crippen molar-refractivity contribution in [1.29, 1.82) is 0 Å². The van der Waals surface area contributed by atoms with Crippen LogP contribution in [0.25, 0.3) is 10.1 Å². The van der Waals surface area contributed by atoms with Crippen molar-refractivity contribution in [1.82, 2.24) is 0 Å². The molecule has 0 amide bonds. The number of Topliss-reactive ketones (excluding diaryl/α,β-unsaturated/α-hetero) is 1. The van der Waals surface area contributed by atoms with E-state index >= 15 is 0 Å². The number of ketones is 1. The molecule has 0 aliphatic heterocycles. The van der Waals surface area contributed by atoms with Gasteiger partial charge in [0.05, 0.1) is 4.88 Å². The third-order valence-electron chi connectivity index (χ3n) is 2.34. The molecule has 0 aliphatic carbocycles. The molecule has 0 radical (unpaired) electrons. The van der Waals surface area contributed by atoms with Crippen LogP contribution >= 0.6 is 27.3 Å². The molecule has 8 heteroatoms. The monoisotopic (exact) mass is 358 g/mol. The number of halogens is 6. The first-order chi connectivity index (χ1) is 8.63. The van der Waals surface area contributed by atoms with Crippen molar-refractivity contribution >= 4 is 43.1 Å². The SMILES string of the molecule is O=C(c1cc2cc(Br)ccc2s1)C(F)(F)C(F)(F)F. The van der Waals surface area contributed by atoms with Gasteiger partial charge >= 0.3 is 12.1 Å². The molecule has 1 nitrogen and oxygen atoms in total. The van der Waals surface area contributed by atoms with Crippen molar-refractivity contribution in [3.05, 3.63) is 33.6 Å². The van der Waals surface area contributed by atoms with E-state index in [1.54, 1.807) is 6.07 Å². The molecule has 0 aliphatic rings. The van der Waals surface area contributed by atoms with Gasteiger partial charge < -0.3 is 0 Å². The van der Waals surface area contributed by atoms with Crippen molar-refractivity contribution in [3.8, 4) is 0 Å². The zero-order valence-electron chi connectivity index (χ0n) is 8.89. The number of carbonyl (C=O) groups excluding carboxylic acids is 1. The Labute approximate surface area is 116 Å². The lowest BCUT2D eigenvalue weighted by Crippen LogP contribution is -2.43. The van der Waals surface area contributed by atoms with E-state index in [1.165, 1.54) is 12.1 Å². The fourth-order valence-corrected chi connectivity index (χ4v) is 2.80. The Morgan fingerprint density at radius 2 is 1.74 bits per heavy atom. The predicted molar refractivity (Wildman–Crippen MR) is 64.9 cm³/mol. The molecule has 102 valence electrons. The number of benzene rings is 1. The lowest BCUT2D eigenvalue weighted by atomic mass is 10.1. The molecular weight excluding hydrogens is 355 g/mol. The first kappa shape index (κ1) is 14.4. The summed E-state index contributed by atoms with van der Waals surface area (Å²) in [6.07, 6.45) is -5.89. The zero-order valence-corrected chi connectivity index (χ0v) is 11.3. The van der Waals surface area contributed by atoms with E-state index in [2.05, 4.69) is 15.9 Å². The maximum Gasteiger partial charge on any atom is 0.461 e. The van der Waals surface area contributed by atoms with Gasteiger partial charge in [0, 0.05) is 9.17 Å². The van der Waals surface area contributed by atoms with Gasteiger partial charge in [-0.2, -0.15) is 22.0 Å². The van der Waals surface area contributed by atoms with Crippen LogP contribution in [0, 0.1) is 0 Å². The highest BCUT2D eigenvalue weighted by atomic mass is 79.9. The van der Waals surface area contributed by atoms with E-state index in [0.717, 1.165) is 6.07 Å². The van der Waals surface area contributed by atoms with Crippen LogP contribution in [0.3, 0.4) is 0 Å². The molecule has 0 spiro atoms. The van der Waals surface area contributed by atoms with Gasteiger partial charge in [0.15, 0.2) is 0 Å². The molecule has 2 aromatic rings. The molecule has 1 aromatic heterocycles. The van der Waals surface area contributed by atoms with Gasteiger partial charge in [-0.15, -0.1) is 11.3 Å². The number of hydrogen-bond donors (Lipinski definition) is 0. The van der Waals surface area contributed by atoms with E-state index in [-0.39, 0.29) is 0 Å². The normalized spacial score (nSPS) is 12.9. The third-order valence-corrected chi connectivity index (χ3v) is 3.95. The van der Waals surface area contributed by atoms with Gasteiger partial charge in [-0.3, -0.25) is 4.79 Å². The second-order valence-electron chi connectivity index (χ2n) is 3.69. The first-order valence-electron chi connectivity index (χ1n) is 4.81. The predicted octanol–water partition coefficient (Wildman–Crippen LogP) is 5.04. The lowest BCUT2D eigenvalue weighted by molar-refractivity contribution is -0.255. The Morgan fingerprint density at radius 1 is 1.11 bits per heavy atom. The van der Waals surface area contributed by atoms with Crippen molar-refractivity contribution in [2.24, 2.45) is 0 Å². The molecule has 0 atom stereocenters. The second-order valence-corrected chi connectivity index (χ2v) is 5.69. The number of thiophene rings is 1. The molecule has 0 unspecified atom stereocenters. The number of alkyl halides is 5. The average molecular weight is 359 g/mol. The van der Waals surface area contributed by atoms with E-state index in [1.807, 2.05) is 0 Å². The van der Waals surface area contributed by atoms with Crippen LogP contribution in [-0.4, -0.2) is 17.9 Å². The molecule has 0 saturated carbocycles. The first-order valence-corrected chi connectivity index (χ1v) is 6.42. The van der Waals surface area contributed by atoms with Gasteiger partial charge in [-0.05, 0) is 29.7 Å². The fraction of sp³-hybridized carbons (Fsp3) is 0.182. The summed E-state index contributed by atoms with van der Waals surface area (Å²) in [4.78, 5) is 10.7. The van der Waals surface area contributed by atoms with E-state index in [0.29, 0.717) is 25.9 Å². The lowest BCUT2D eigenvalue weighted by Gasteiger charge is -2.16. The Kier molecular flexibility index (Phi) is 3.42. The summed E-state index contributed by atoms with van der Waals surface area (Å²) < 4.78 is 63.3. The van der Waals surface area contributed by atoms with E-state index < -0.39 is 22.8 Å². The maximum atomic E-state index is 12.9. The minimum Gasteiger partial charge on any atom is -0.286 e. The van der Waals surface area contributed by atoms with Gasteiger partial charge in [0.2, 0.25) is 0 Å². The van der Waals surface area contributed by atoms with Crippen LogP contribution in [-0.2, 0) is 0 Å². The molecule has 1 aromatic carbocycles. The molecule has 1 heterocycles. The van der Waals surface area contributed by atoms with Crippen LogP contribution in [0.2, 0.25) is 0 Å². The van der Waals surface area contributed by atoms with Gasteiger partial charge in [-0.1, -0.05) is 15.9 Å². The summed E-state index contributed by atoms with van der Waals surface area (Å²) in [7, 11) is 0. The van der Waals surface area contributed by atoms with Gasteiger partial charge in [-0.25, -0.2) is 0 Å². The highest BCUT2D eigenvalue weighted by Crippen LogP contribution is 2.40. The van der Waals surface area contributed by atoms with Crippen LogP contribution < -0.4 is 0 Å². The summed E-state index contributed by atoms with van der Waals surface area (Å²) >= 11 is 3.75. The molecular formula is C11H4BrF5OS. The molecule has 19 heavy (non-hydrogen) atoms. The average Bonchev–Trinajstić information content (AvgIpc) is 2.68. The molecule has 0 fully saturated rings. The fourth-order valence-electron chi connectivity index (χ4n) is 1.41. The van der Waals surface area contributed by atoms with Crippen molar-refractivity contribution in [2.75, 3.05) is 0 Å². The molecule has 0 N–H and O–H groups in total. The van der Waals surface area contributed by atoms with Gasteiger partial charge in [0.25, 0.3) is 5.78 Å². The van der Waals surface area contributed by atoms with Crippen molar-refractivity contribution in [3.63, 3.8) is 0 Å². The summed E-state index contributed by atoms with van der Waals surface area (Å²) in [5, 5.41) is 0.431. The number of rotatable bonds is 2. The Balaban J connectivity index is 2.48.